The van der Waals surface area contributed by atoms with Gasteiger partial charge in [0.25, 0.3) is 0 Å². The van der Waals surface area contributed by atoms with Crippen LogP contribution in [0.2, 0.25) is 0 Å². The summed E-state index contributed by atoms with van der Waals surface area (Å²) in [5, 5.41) is 13.4. The van der Waals surface area contributed by atoms with Crippen molar-refractivity contribution in [1.82, 2.24) is 15.0 Å². The predicted octanol–water partition coefficient (Wildman–Crippen LogP) is 2.05. The standard InChI is InChI=1S/C14H23N3O3/c1-5-14(12(18)19)6-7-17(9-14)8-10-15-11(20-16-10)13(2,3)4/h5-9H2,1-4H3,(H,18,19). The van der Waals surface area contributed by atoms with Crippen LogP contribution in [-0.2, 0) is 16.8 Å². The van der Waals surface area contributed by atoms with E-state index in [9.17, 15) is 9.90 Å². The first-order valence-electron chi connectivity index (χ1n) is 7.06. The average Bonchev–Trinajstić information content (AvgIpc) is 2.96. The van der Waals surface area contributed by atoms with Crippen molar-refractivity contribution in [1.29, 1.82) is 0 Å². The summed E-state index contributed by atoms with van der Waals surface area (Å²) in [6.07, 6.45) is 1.33. The molecule has 1 unspecified atom stereocenters. The minimum atomic E-state index is -0.703. The molecule has 1 atom stereocenters. The van der Waals surface area contributed by atoms with Crippen molar-refractivity contribution in [3.05, 3.63) is 11.7 Å². The smallest absolute Gasteiger partial charge is 0.310 e. The van der Waals surface area contributed by atoms with E-state index < -0.39 is 11.4 Å². The number of likely N-dealkylation sites (tertiary alicyclic amines) is 1. The van der Waals surface area contributed by atoms with Gasteiger partial charge in [0.15, 0.2) is 5.82 Å². The van der Waals surface area contributed by atoms with E-state index in [4.69, 9.17) is 4.52 Å². The van der Waals surface area contributed by atoms with Gasteiger partial charge in [0.1, 0.15) is 0 Å². The molecule has 1 N–H and O–H groups in total. The fraction of sp³-hybridized carbons (Fsp3) is 0.786. The SMILES string of the molecule is CCC1(C(=O)O)CCN(Cc2noc(C(C)(C)C)n2)C1. The molecule has 1 fully saturated rings. The Morgan fingerprint density at radius 1 is 1.50 bits per heavy atom. The van der Waals surface area contributed by atoms with Gasteiger partial charge >= 0.3 is 5.97 Å². The predicted molar refractivity (Wildman–Crippen MR) is 73.3 cm³/mol. The molecule has 0 saturated carbocycles. The maximum absolute atomic E-state index is 11.4. The number of hydrogen-bond donors (Lipinski definition) is 1. The summed E-state index contributed by atoms with van der Waals surface area (Å²) in [6.45, 7) is 9.86. The van der Waals surface area contributed by atoms with Crippen molar-refractivity contribution in [2.24, 2.45) is 5.41 Å². The fourth-order valence-corrected chi connectivity index (χ4v) is 2.53. The number of nitrogens with zero attached hydrogens (tertiary/aromatic N) is 3. The molecule has 20 heavy (non-hydrogen) atoms. The van der Waals surface area contributed by atoms with Gasteiger partial charge in [-0.3, -0.25) is 9.69 Å². The van der Waals surface area contributed by atoms with Crippen molar-refractivity contribution in [3.63, 3.8) is 0 Å². The highest BCUT2D eigenvalue weighted by Gasteiger charge is 2.43. The van der Waals surface area contributed by atoms with Crippen molar-refractivity contribution in [2.75, 3.05) is 13.1 Å². The van der Waals surface area contributed by atoms with Gasteiger partial charge in [-0.1, -0.05) is 32.9 Å². The number of carbonyl (C=O) groups is 1. The molecule has 0 aliphatic carbocycles. The molecule has 1 saturated heterocycles. The topological polar surface area (TPSA) is 79.5 Å². The Morgan fingerprint density at radius 2 is 2.20 bits per heavy atom. The molecule has 112 valence electrons. The van der Waals surface area contributed by atoms with Crippen LogP contribution < -0.4 is 0 Å². The van der Waals surface area contributed by atoms with E-state index in [0.29, 0.717) is 37.6 Å². The third-order valence-corrected chi connectivity index (χ3v) is 4.04. The molecule has 0 amide bonds. The molecule has 0 aromatic carbocycles. The molecule has 0 bridgehead atoms. The van der Waals surface area contributed by atoms with E-state index in [0.717, 1.165) is 6.54 Å². The summed E-state index contributed by atoms with van der Waals surface area (Å²) >= 11 is 0. The number of aliphatic carboxylic acids is 1. The molecule has 1 aliphatic rings. The zero-order valence-electron chi connectivity index (χ0n) is 12.6. The van der Waals surface area contributed by atoms with E-state index in [2.05, 4.69) is 15.0 Å². The van der Waals surface area contributed by atoms with Crippen molar-refractivity contribution >= 4 is 5.97 Å². The highest BCUT2D eigenvalue weighted by molar-refractivity contribution is 5.75. The van der Waals surface area contributed by atoms with Gasteiger partial charge in [-0.25, -0.2) is 0 Å². The van der Waals surface area contributed by atoms with Crippen LogP contribution in [-0.4, -0.2) is 39.2 Å². The van der Waals surface area contributed by atoms with Crippen LogP contribution in [0.1, 0.15) is 52.3 Å². The molecule has 1 aromatic rings. The first-order chi connectivity index (χ1) is 9.27. The maximum Gasteiger partial charge on any atom is 0.310 e. The summed E-state index contributed by atoms with van der Waals surface area (Å²) < 4.78 is 5.26. The fourth-order valence-electron chi connectivity index (χ4n) is 2.53. The molecular formula is C14H23N3O3. The highest BCUT2D eigenvalue weighted by atomic mass is 16.5. The van der Waals surface area contributed by atoms with Gasteiger partial charge in [-0.15, -0.1) is 0 Å². The molecule has 0 radical (unpaired) electrons. The minimum Gasteiger partial charge on any atom is -0.481 e. The Balaban J connectivity index is 2.02. The van der Waals surface area contributed by atoms with Crippen LogP contribution in [0.3, 0.4) is 0 Å². The zero-order valence-corrected chi connectivity index (χ0v) is 12.6. The zero-order chi connectivity index (χ0) is 15.0. The van der Waals surface area contributed by atoms with Crippen LogP contribution in [0.15, 0.2) is 4.52 Å². The number of carboxylic acids is 1. The second-order valence-corrected chi connectivity index (χ2v) is 6.67. The Kier molecular flexibility index (Phi) is 3.86. The minimum absolute atomic E-state index is 0.162. The summed E-state index contributed by atoms with van der Waals surface area (Å²) in [6, 6.07) is 0. The lowest BCUT2D eigenvalue weighted by Gasteiger charge is -2.22. The summed E-state index contributed by atoms with van der Waals surface area (Å²) in [5.41, 5.74) is -0.777. The van der Waals surface area contributed by atoms with Crippen molar-refractivity contribution in [3.8, 4) is 0 Å². The number of rotatable bonds is 4. The lowest BCUT2D eigenvalue weighted by Crippen LogP contribution is -2.34. The lowest BCUT2D eigenvalue weighted by atomic mass is 9.84. The second kappa shape index (κ2) is 5.16. The Labute approximate surface area is 119 Å². The quantitative estimate of drug-likeness (QED) is 0.910. The van der Waals surface area contributed by atoms with E-state index >= 15 is 0 Å². The molecule has 0 spiro atoms. The molecule has 6 heteroatoms. The monoisotopic (exact) mass is 281 g/mol. The Hall–Kier alpha value is -1.43. The third kappa shape index (κ3) is 2.85. The molecule has 1 aliphatic heterocycles. The summed E-state index contributed by atoms with van der Waals surface area (Å²) in [5.74, 6) is 0.546. The van der Waals surface area contributed by atoms with E-state index in [-0.39, 0.29) is 5.41 Å². The van der Waals surface area contributed by atoms with Crippen molar-refractivity contribution < 1.29 is 14.4 Å². The van der Waals surface area contributed by atoms with E-state index in [1.165, 1.54) is 0 Å². The van der Waals surface area contributed by atoms with Gasteiger partial charge in [-0.05, 0) is 19.4 Å². The highest BCUT2D eigenvalue weighted by Crippen LogP contribution is 2.34. The Bertz CT molecular complexity index is 492. The number of aromatic nitrogens is 2. The van der Waals surface area contributed by atoms with Crippen LogP contribution >= 0.6 is 0 Å². The lowest BCUT2D eigenvalue weighted by molar-refractivity contribution is -0.148. The molecule has 2 rings (SSSR count). The van der Waals surface area contributed by atoms with Crippen LogP contribution in [0.5, 0.6) is 0 Å². The number of hydrogen-bond acceptors (Lipinski definition) is 5. The molecule has 1 aromatic heterocycles. The number of carboxylic acid groups (broad SMARTS) is 1. The summed E-state index contributed by atoms with van der Waals surface area (Å²) in [4.78, 5) is 17.9. The Morgan fingerprint density at radius 3 is 2.65 bits per heavy atom. The molecule has 2 heterocycles. The van der Waals surface area contributed by atoms with Gasteiger partial charge in [0.05, 0.1) is 12.0 Å². The van der Waals surface area contributed by atoms with Crippen LogP contribution in [0.25, 0.3) is 0 Å². The van der Waals surface area contributed by atoms with E-state index in [1.54, 1.807) is 0 Å². The second-order valence-electron chi connectivity index (χ2n) is 6.67. The van der Waals surface area contributed by atoms with E-state index in [1.807, 2.05) is 27.7 Å². The molecule has 6 nitrogen and oxygen atoms in total. The maximum atomic E-state index is 11.4. The van der Waals surface area contributed by atoms with Gasteiger partial charge < -0.3 is 9.63 Å². The van der Waals surface area contributed by atoms with Gasteiger partial charge in [0, 0.05) is 12.0 Å². The van der Waals surface area contributed by atoms with Gasteiger partial charge in [-0.2, -0.15) is 4.98 Å². The normalized spacial score (nSPS) is 24.2. The molecular weight excluding hydrogens is 258 g/mol. The third-order valence-electron chi connectivity index (χ3n) is 4.04. The van der Waals surface area contributed by atoms with Crippen LogP contribution in [0.4, 0.5) is 0 Å². The van der Waals surface area contributed by atoms with Crippen molar-refractivity contribution in [2.45, 2.75) is 52.5 Å². The van der Waals surface area contributed by atoms with Gasteiger partial charge in [0.2, 0.25) is 5.89 Å². The van der Waals surface area contributed by atoms with Crippen LogP contribution in [0, 0.1) is 5.41 Å². The largest absolute Gasteiger partial charge is 0.481 e. The summed E-state index contributed by atoms with van der Waals surface area (Å²) in [7, 11) is 0. The first kappa shape index (κ1) is 15.0. The first-order valence-corrected chi connectivity index (χ1v) is 7.06. The average molecular weight is 281 g/mol.